The van der Waals surface area contributed by atoms with Gasteiger partial charge < -0.3 is 0 Å². The molecule has 8 aromatic carbocycles. The summed E-state index contributed by atoms with van der Waals surface area (Å²) in [7, 11) is 0. The SMILES string of the molecule is c1ccc(-c2cccc(-c3ccc4sc5cccc(-c6nc(-c7ccccc7)nc(-c7cc(-c8ccccc8)cc(-c8ccccc8)c7)n6)c5c4c3)c2)cc1. The standard InChI is InChI=1S/C51H33N3S/c1-5-15-34(16-6-1)38-23-13-24-39(29-38)40-27-28-46-45(33-40)48-44(25-14-26-47(48)55-46)51-53-49(37-21-11-4-12-22-37)52-50(54-51)43-31-41(35-17-7-2-8-18-35)30-42(32-43)36-19-9-3-10-20-36/h1-33H. The van der Waals surface area contributed by atoms with Crippen LogP contribution in [0, 0.1) is 0 Å². The maximum atomic E-state index is 5.31. The molecule has 0 unspecified atom stereocenters. The highest BCUT2D eigenvalue weighted by atomic mass is 32.1. The van der Waals surface area contributed by atoms with E-state index in [4.69, 9.17) is 15.0 Å². The van der Waals surface area contributed by atoms with Crippen LogP contribution in [0.1, 0.15) is 0 Å². The number of benzene rings is 8. The van der Waals surface area contributed by atoms with Crippen molar-refractivity contribution in [2.24, 2.45) is 0 Å². The Bertz CT molecular complexity index is 2900. The van der Waals surface area contributed by atoms with Crippen LogP contribution in [-0.4, -0.2) is 15.0 Å². The fourth-order valence-electron chi connectivity index (χ4n) is 7.39. The van der Waals surface area contributed by atoms with Gasteiger partial charge in [0, 0.05) is 36.9 Å². The smallest absolute Gasteiger partial charge is 0.164 e. The predicted molar refractivity (Wildman–Crippen MR) is 231 cm³/mol. The van der Waals surface area contributed by atoms with Gasteiger partial charge in [-0.15, -0.1) is 11.3 Å². The number of nitrogens with zero attached hydrogens (tertiary/aromatic N) is 3. The second-order valence-corrected chi connectivity index (χ2v) is 14.7. The summed E-state index contributed by atoms with van der Waals surface area (Å²) < 4.78 is 2.43. The third-order valence-electron chi connectivity index (χ3n) is 10.1. The summed E-state index contributed by atoms with van der Waals surface area (Å²) in [6, 6.07) is 70.5. The first-order valence-corrected chi connectivity index (χ1v) is 19.2. The van der Waals surface area contributed by atoms with Gasteiger partial charge in [0.05, 0.1) is 0 Å². The number of thiophene rings is 1. The first-order valence-electron chi connectivity index (χ1n) is 18.4. The molecule has 55 heavy (non-hydrogen) atoms. The van der Waals surface area contributed by atoms with Crippen LogP contribution in [-0.2, 0) is 0 Å². The predicted octanol–water partition coefficient (Wildman–Crippen LogP) is 13.9. The van der Waals surface area contributed by atoms with Crippen LogP contribution in [0.5, 0.6) is 0 Å². The third kappa shape index (κ3) is 6.39. The lowest BCUT2D eigenvalue weighted by Crippen LogP contribution is -2.01. The molecule has 0 atom stereocenters. The molecule has 0 radical (unpaired) electrons. The quantitative estimate of drug-likeness (QED) is 0.165. The van der Waals surface area contributed by atoms with Crippen molar-refractivity contribution >= 4 is 31.5 Å². The van der Waals surface area contributed by atoms with Gasteiger partial charge in [-0.25, -0.2) is 15.0 Å². The molecule has 258 valence electrons. The van der Waals surface area contributed by atoms with Gasteiger partial charge in [-0.05, 0) is 87.0 Å². The average molecular weight is 720 g/mol. The summed E-state index contributed by atoms with van der Waals surface area (Å²) in [5.74, 6) is 1.92. The van der Waals surface area contributed by atoms with E-state index in [0.29, 0.717) is 17.5 Å². The van der Waals surface area contributed by atoms with Crippen LogP contribution < -0.4 is 0 Å². The van der Waals surface area contributed by atoms with Gasteiger partial charge in [-0.3, -0.25) is 0 Å². The fraction of sp³-hybridized carbons (Fsp3) is 0. The molecule has 0 saturated heterocycles. The van der Waals surface area contributed by atoms with Crippen molar-refractivity contribution in [3.8, 4) is 78.7 Å². The van der Waals surface area contributed by atoms with Crippen LogP contribution in [0.15, 0.2) is 200 Å². The lowest BCUT2D eigenvalue weighted by atomic mass is 9.95. The number of rotatable bonds is 7. The summed E-state index contributed by atoms with van der Waals surface area (Å²) in [6.07, 6.45) is 0. The van der Waals surface area contributed by atoms with E-state index in [1.807, 2.05) is 18.2 Å². The minimum absolute atomic E-state index is 0.633. The minimum atomic E-state index is 0.633. The van der Waals surface area contributed by atoms with Gasteiger partial charge in [0.25, 0.3) is 0 Å². The first kappa shape index (κ1) is 32.6. The molecule has 4 heteroatoms. The molecule has 10 aromatic rings. The van der Waals surface area contributed by atoms with Gasteiger partial charge in [-0.1, -0.05) is 158 Å². The Kier molecular flexibility index (Phi) is 8.36. The Morgan fingerprint density at radius 2 is 0.709 bits per heavy atom. The van der Waals surface area contributed by atoms with E-state index in [0.717, 1.165) is 44.3 Å². The topological polar surface area (TPSA) is 38.7 Å². The van der Waals surface area contributed by atoms with Gasteiger partial charge >= 0.3 is 0 Å². The maximum Gasteiger partial charge on any atom is 0.164 e. The van der Waals surface area contributed by atoms with Crippen molar-refractivity contribution in [2.75, 3.05) is 0 Å². The Labute approximate surface area is 323 Å². The van der Waals surface area contributed by atoms with E-state index in [9.17, 15) is 0 Å². The summed E-state index contributed by atoms with van der Waals surface area (Å²) in [4.78, 5) is 15.7. The highest BCUT2D eigenvalue weighted by molar-refractivity contribution is 7.26. The summed E-state index contributed by atoms with van der Waals surface area (Å²) in [5, 5.41) is 2.35. The Morgan fingerprint density at radius 3 is 1.33 bits per heavy atom. The van der Waals surface area contributed by atoms with Crippen LogP contribution in [0.25, 0.3) is 98.8 Å². The number of hydrogen-bond donors (Lipinski definition) is 0. The molecule has 0 aliphatic rings. The molecule has 0 aliphatic carbocycles. The summed E-state index contributed by atoms with van der Waals surface area (Å²) in [6.45, 7) is 0. The van der Waals surface area contributed by atoms with Gasteiger partial charge in [0.2, 0.25) is 0 Å². The summed E-state index contributed by atoms with van der Waals surface area (Å²) in [5.41, 5.74) is 12.1. The lowest BCUT2D eigenvalue weighted by Gasteiger charge is -2.13. The van der Waals surface area contributed by atoms with E-state index in [1.165, 1.54) is 37.0 Å². The minimum Gasteiger partial charge on any atom is -0.208 e. The number of fused-ring (bicyclic) bond motifs is 3. The number of hydrogen-bond acceptors (Lipinski definition) is 4. The van der Waals surface area contributed by atoms with Crippen LogP contribution >= 0.6 is 11.3 Å². The zero-order valence-electron chi connectivity index (χ0n) is 29.8. The van der Waals surface area contributed by atoms with E-state index in [-0.39, 0.29) is 0 Å². The van der Waals surface area contributed by atoms with Gasteiger partial charge in [-0.2, -0.15) is 0 Å². The van der Waals surface area contributed by atoms with E-state index < -0.39 is 0 Å². The molecular formula is C51H33N3S. The van der Waals surface area contributed by atoms with Gasteiger partial charge in [0.15, 0.2) is 17.5 Å². The van der Waals surface area contributed by atoms with Crippen molar-refractivity contribution in [1.29, 1.82) is 0 Å². The summed E-state index contributed by atoms with van der Waals surface area (Å²) >= 11 is 1.80. The zero-order valence-corrected chi connectivity index (χ0v) is 30.6. The van der Waals surface area contributed by atoms with E-state index >= 15 is 0 Å². The molecule has 3 nitrogen and oxygen atoms in total. The zero-order chi connectivity index (χ0) is 36.6. The molecule has 0 N–H and O–H groups in total. The maximum absolute atomic E-state index is 5.31. The molecule has 0 aliphatic heterocycles. The number of aromatic nitrogens is 3. The lowest BCUT2D eigenvalue weighted by molar-refractivity contribution is 1.08. The van der Waals surface area contributed by atoms with Crippen molar-refractivity contribution in [1.82, 2.24) is 15.0 Å². The van der Waals surface area contributed by atoms with Crippen molar-refractivity contribution in [3.63, 3.8) is 0 Å². The molecule has 0 fully saturated rings. The van der Waals surface area contributed by atoms with Crippen molar-refractivity contribution in [3.05, 3.63) is 200 Å². The van der Waals surface area contributed by atoms with Gasteiger partial charge in [0.1, 0.15) is 0 Å². The van der Waals surface area contributed by atoms with Crippen molar-refractivity contribution < 1.29 is 0 Å². The van der Waals surface area contributed by atoms with Crippen LogP contribution in [0.4, 0.5) is 0 Å². The second kappa shape index (κ2) is 14.1. The van der Waals surface area contributed by atoms with E-state index in [1.54, 1.807) is 11.3 Å². The Balaban J connectivity index is 1.17. The largest absolute Gasteiger partial charge is 0.208 e. The molecule has 0 saturated carbocycles. The molecule has 0 spiro atoms. The van der Waals surface area contributed by atoms with E-state index in [2.05, 4.69) is 182 Å². The molecule has 2 aromatic heterocycles. The molecule has 2 heterocycles. The van der Waals surface area contributed by atoms with Crippen LogP contribution in [0.3, 0.4) is 0 Å². The average Bonchev–Trinajstić information content (AvgIpc) is 3.66. The van der Waals surface area contributed by atoms with Crippen LogP contribution in [0.2, 0.25) is 0 Å². The Morgan fingerprint density at radius 1 is 0.273 bits per heavy atom. The monoisotopic (exact) mass is 719 g/mol. The van der Waals surface area contributed by atoms with Crippen molar-refractivity contribution in [2.45, 2.75) is 0 Å². The molecular weight excluding hydrogens is 687 g/mol. The normalized spacial score (nSPS) is 11.3. The third-order valence-corrected chi connectivity index (χ3v) is 11.2. The fourth-order valence-corrected chi connectivity index (χ4v) is 8.51. The highest BCUT2D eigenvalue weighted by Crippen LogP contribution is 2.42. The molecule has 10 rings (SSSR count). The first-order chi connectivity index (χ1) is 27.2. The highest BCUT2D eigenvalue weighted by Gasteiger charge is 2.19. The Hall–Kier alpha value is -7.01. The molecule has 0 bridgehead atoms. The molecule has 0 amide bonds. The second-order valence-electron chi connectivity index (χ2n) is 13.6.